The van der Waals surface area contributed by atoms with Gasteiger partial charge in [0.1, 0.15) is 36.6 Å². The van der Waals surface area contributed by atoms with Crippen molar-refractivity contribution in [3.05, 3.63) is 0 Å². The van der Waals surface area contributed by atoms with Crippen molar-refractivity contribution in [2.75, 3.05) is 6.61 Å². The van der Waals surface area contributed by atoms with Crippen LogP contribution in [0.5, 0.6) is 0 Å². The number of hydrogen-bond acceptors (Lipinski definition) is 9. The molecule has 2 rings (SSSR count). The van der Waals surface area contributed by atoms with E-state index in [-0.39, 0.29) is 6.61 Å². The van der Waals surface area contributed by atoms with E-state index in [1.165, 1.54) is 0 Å². The molecule has 2 aliphatic heterocycles. The summed E-state index contributed by atoms with van der Waals surface area (Å²) in [6.07, 6.45) is -10.2. The number of aliphatic hydroxyl groups is 5. The summed E-state index contributed by atoms with van der Waals surface area (Å²) >= 11 is 0. The lowest BCUT2D eigenvalue weighted by atomic mass is 10.1. The first-order valence-corrected chi connectivity index (χ1v) is 5.74. The molecule has 9 heteroatoms. The fourth-order valence-corrected chi connectivity index (χ4v) is 1.98. The molecule has 110 valence electrons. The third-order valence-electron chi connectivity index (χ3n) is 3.15. The van der Waals surface area contributed by atoms with Gasteiger partial charge >= 0.3 is 0 Å². The molecular formula is C10H16O9. The van der Waals surface area contributed by atoms with E-state index in [0.717, 1.165) is 0 Å². The van der Waals surface area contributed by atoms with Gasteiger partial charge in [0.25, 0.3) is 0 Å². The van der Waals surface area contributed by atoms with Gasteiger partial charge in [0.15, 0.2) is 18.9 Å². The molecule has 0 aliphatic carbocycles. The number of rotatable bonds is 4. The highest BCUT2D eigenvalue weighted by Gasteiger charge is 2.46. The van der Waals surface area contributed by atoms with E-state index in [1.54, 1.807) is 0 Å². The van der Waals surface area contributed by atoms with Crippen LogP contribution in [0.4, 0.5) is 0 Å². The van der Waals surface area contributed by atoms with Gasteiger partial charge in [0, 0.05) is 0 Å². The molecule has 0 spiro atoms. The van der Waals surface area contributed by atoms with Gasteiger partial charge in [-0.3, -0.25) is 0 Å². The number of aliphatic hydroxyl groups excluding tert-OH is 5. The van der Waals surface area contributed by atoms with Crippen molar-refractivity contribution < 1.29 is 44.5 Å². The Morgan fingerprint density at radius 2 is 1.63 bits per heavy atom. The molecule has 2 saturated heterocycles. The normalized spacial score (nSPS) is 50.6. The number of hydrogen-bond donors (Lipinski definition) is 5. The zero-order valence-electron chi connectivity index (χ0n) is 9.77. The summed E-state index contributed by atoms with van der Waals surface area (Å²) in [5.74, 6) is 0. The summed E-state index contributed by atoms with van der Waals surface area (Å²) in [6.45, 7) is -0.296. The van der Waals surface area contributed by atoms with E-state index in [2.05, 4.69) is 0 Å². The molecule has 0 aromatic carbocycles. The van der Waals surface area contributed by atoms with E-state index >= 15 is 0 Å². The van der Waals surface area contributed by atoms with Crippen molar-refractivity contribution in [2.45, 2.75) is 49.2 Å². The summed E-state index contributed by atoms with van der Waals surface area (Å²) in [4.78, 5) is 10.5. The molecule has 9 nitrogen and oxygen atoms in total. The molecule has 0 radical (unpaired) electrons. The molecule has 0 aromatic heterocycles. The van der Waals surface area contributed by atoms with E-state index in [4.69, 9.17) is 19.3 Å². The maximum Gasteiger partial charge on any atom is 0.187 e. The molecule has 5 N–H and O–H groups in total. The Kier molecular flexibility index (Phi) is 4.48. The smallest absolute Gasteiger partial charge is 0.187 e. The van der Waals surface area contributed by atoms with Crippen LogP contribution in [0.2, 0.25) is 0 Å². The predicted octanol–water partition coefficient (Wildman–Crippen LogP) is -3.91. The maximum absolute atomic E-state index is 10.5. The van der Waals surface area contributed by atoms with E-state index in [9.17, 15) is 25.2 Å². The Morgan fingerprint density at radius 3 is 2.11 bits per heavy atom. The third kappa shape index (κ3) is 2.78. The lowest BCUT2D eigenvalue weighted by molar-refractivity contribution is -0.194. The summed E-state index contributed by atoms with van der Waals surface area (Å²) in [5.41, 5.74) is 0. The minimum atomic E-state index is -1.52. The van der Waals surface area contributed by atoms with Crippen LogP contribution in [0.3, 0.4) is 0 Å². The first-order chi connectivity index (χ1) is 8.95. The molecule has 0 bridgehead atoms. The molecule has 0 amide bonds. The van der Waals surface area contributed by atoms with Gasteiger partial charge in [-0.25, -0.2) is 0 Å². The average Bonchev–Trinajstić information content (AvgIpc) is 2.81. The lowest BCUT2D eigenvalue weighted by Crippen LogP contribution is -2.38. The second kappa shape index (κ2) is 5.77. The van der Waals surface area contributed by atoms with Crippen LogP contribution in [0, 0.1) is 0 Å². The van der Waals surface area contributed by atoms with Gasteiger partial charge in [0.2, 0.25) is 0 Å². The Morgan fingerprint density at radius 1 is 0.947 bits per heavy atom. The van der Waals surface area contributed by atoms with E-state index < -0.39 is 49.2 Å². The van der Waals surface area contributed by atoms with Gasteiger partial charge < -0.3 is 44.5 Å². The summed E-state index contributed by atoms with van der Waals surface area (Å²) in [6, 6.07) is 0. The summed E-state index contributed by atoms with van der Waals surface area (Å²) in [5, 5.41) is 46.9. The molecule has 0 aromatic rings. The molecule has 19 heavy (non-hydrogen) atoms. The highest BCUT2D eigenvalue weighted by molar-refractivity contribution is 5.58. The summed E-state index contributed by atoms with van der Waals surface area (Å²) in [7, 11) is 0. The van der Waals surface area contributed by atoms with Crippen LogP contribution in [0.25, 0.3) is 0 Å². The SMILES string of the molecule is O=C[C@@H]1O[C@@H](OC[C@@H]2O[C@@H](O)[C@H](O)[C@H]2O)[C@H](O)[C@H]1O. The van der Waals surface area contributed by atoms with Gasteiger partial charge in [-0.1, -0.05) is 0 Å². The Bertz CT molecular complexity index is 324. The predicted molar refractivity (Wildman–Crippen MR) is 55.6 cm³/mol. The average molecular weight is 280 g/mol. The van der Waals surface area contributed by atoms with Crippen molar-refractivity contribution in [3.63, 3.8) is 0 Å². The van der Waals surface area contributed by atoms with Gasteiger partial charge in [-0.15, -0.1) is 0 Å². The quantitative estimate of drug-likeness (QED) is 0.326. The Hall–Kier alpha value is -0.650. The fourth-order valence-electron chi connectivity index (χ4n) is 1.98. The molecule has 8 atom stereocenters. The Labute approximate surface area is 107 Å². The second-order valence-electron chi connectivity index (χ2n) is 4.47. The van der Waals surface area contributed by atoms with E-state index in [0.29, 0.717) is 6.29 Å². The maximum atomic E-state index is 10.5. The molecule has 2 fully saturated rings. The van der Waals surface area contributed by atoms with Crippen molar-refractivity contribution >= 4 is 6.29 Å². The lowest BCUT2D eigenvalue weighted by Gasteiger charge is -2.19. The fraction of sp³-hybridized carbons (Fsp3) is 0.900. The van der Waals surface area contributed by atoms with Gasteiger partial charge in [0.05, 0.1) is 6.61 Å². The van der Waals surface area contributed by atoms with Crippen molar-refractivity contribution in [1.29, 1.82) is 0 Å². The number of carbonyl (C=O) groups is 1. The number of ether oxygens (including phenoxy) is 3. The standard InChI is InChI=1S/C10H16O9/c11-1-3-5(12)8(15)10(19-3)17-2-4-6(13)7(14)9(16)18-4/h1,3-10,12-16H,2H2/t3-,4-,5-,6-,7+,8+,9+,10+/m0/s1. The van der Waals surface area contributed by atoms with Crippen LogP contribution in [-0.2, 0) is 19.0 Å². The van der Waals surface area contributed by atoms with Crippen molar-refractivity contribution in [1.82, 2.24) is 0 Å². The van der Waals surface area contributed by atoms with Crippen LogP contribution in [0.1, 0.15) is 0 Å². The molecule has 2 aliphatic rings. The highest BCUT2D eigenvalue weighted by atomic mass is 16.7. The largest absolute Gasteiger partial charge is 0.387 e. The van der Waals surface area contributed by atoms with Gasteiger partial charge in [-0.2, -0.15) is 0 Å². The number of aldehydes is 1. The molecule has 2 heterocycles. The monoisotopic (exact) mass is 280 g/mol. The summed E-state index contributed by atoms with van der Waals surface area (Å²) < 4.78 is 14.8. The first-order valence-electron chi connectivity index (χ1n) is 5.74. The third-order valence-corrected chi connectivity index (χ3v) is 3.15. The first kappa shape index (κ1) is 14.8. The second-order valence-corrected chi connectivity index (χ2v) is 4.47. The van der Waals surface area contributed by atoms with Crippen LogP contribution in [0.15, 0.2) is 0 Å². The highest BCUT2D eigenvalue weighted by Crippen LogP contribution is 2.24. The molecule has 0 saturated carbocycles. The Balaban J connectivity index is 1.85. The van der Waals surface area contributed by atoms with Crippen LogP contribution < -0.4 is 0 Å². The van der Waals surface area contributed by atoms with Crippen LogP contribution >= 0.6 is 0 Å². The molecule has 0 unspecified atom stereocenters. The van der Waals surface area contributed by atoms with E-state index in [1.807, 2.05) is 0 Å². The minimum absolute atomic E-state index is 0.296. The zero-order chi connectivity index (χ0) is 14.2. The minimum Gasteiger partial charge on any atom is -0.387 e. The molecular weight excluding hydrogens is 264 g/mol. The topological polar surface area (TPSA) is 146 Å². The number of carbonyl (C=O) groups excluding carboxylic acids is 1. The van der Waals surface area contributed by atoms with Crippen LogP contribution in [-0.4, -0.2) is 87.6 Å². The van der Waals surface area contributed by atoms with Crippen molar-refractivity contribution in [2.24, 2.45) is 0 Å². The zero-order valence-corrected chi connectivity index (χ0v) is 9.77. The van der Waals surface area contributed by atoms with Gasteiger partial charge in [-0.05, 0) is 0 Å². The van der Waals surface area contributed by atoms with Crippen molar-refractivity contribution in [3.8, 4) is 0 Å².